The highest BCUT2D eigenvalue weighted by Gasteiger charge is 2.40. The molecule has 0 saturated heterocycles. The zero-order valence-electron chi connectivity index (χ0n) is 20.4. The van der Waals surface area contributed by atoms with Crippen molar-refractivity contribution in [1.82, 2.24) is 9.80 Å². The average molecular weight is 463 g/mol. The van der Waals surface area contributed by atoms with Crippen LogP contribution in [0.1, 0.15) is 48.7 Å². The predicted octanol–water partition coefficient (Wildman–Crippen LogP) is 4.09. The van der Waals surface area contributed by atoms with Crippen molar-refractivity contribution in [3.05, 3.63) is 83.1 Å². The molecule has 0 aromatic heterocycles. The largest absolute Gasteiger partial charge is 0.350 e. The quantitative estimate of drug-likeness (QED) is 0.569. The van der Waals surface area contributed by atoms with Crippen LogP contribution in [0.15, 0.2) is 71.6 Å². The van der Waals surface area contributed by atoms with Crippen molar-refractivity contribution in [3.8, 4) is 0 Å². The molecule has 7 heteroatoms. The Morgan fingerprint density at radius 3 is 2.41 bits per heavy atom. The van der Waals surface area contributed by atoms with Gasteiger partial charge in [-0.25, -0.2) is 0 Å². The fourth-order valence-electron chi connectivity index (χ4n) is 4.02. The summed E-state index contributed by atoms with van der Waals surface area (Å²) in [6.07, 6.45) is 2.23. The van der Waals surface area contributed by atoms with Crippen LogP contribution < -0.4 is 5.73 Å². The molecule has 180 valence electrons. The van der Waals surface area contributed by atoms with Gasteiger partial charge >= 0.3 is 0 Å². The summed E-state index contributed by atoms with van der Waals surface area (Å²) in [5, 5.41) is 4.38. The second-order valence-corrected chi connectivity index (χ2v) is 8.77. The molecule has 2 aromatic carbocycles. The van der Waals surface area contributed by atoms with Gasteiger partial charge in [0.15, 0.2) is 5.84 Å². The highest BCUT2D eigenvalue weighted by Crippen LogP contribution is 2.25. The Labute approximate surface area is 201 Å². The fourth-order valence-corrected chi connectivity index (χ4v) is 4.02. The van der Waals surface area contributed by atoms with Crippen LogP contribution >= 0.6 is 0 Å². The Balaban J connectivity index is 2.05. The lowest BCUT2D eigenvalue weighted by atomic mass is 9.97. The summed E-state index contributed by atoms with van der Waals surface area (Å²) >= 11 is 0. The van der Waals surface area contributed by atoms with Crippen LogP contribution in [0.4, 0.5) is 0 Å². The molecule has 0 aliphatic carbocycles. The van der Waals surface area contributed by atoms with Crippen molar-refractivity contribution in [3.63, 3.8) is 0 Å². The van der Waals surface area contributed by atoms with E-state index in [1.165, 1.54) is 0 Å². The number of aryl methyl sites for hydroxylation is 1. The Kier molecular flexibility index (Phi) is 8.60. The zero-order valence-corrected chi connectivity index (χ0v) is 20.4. The second kappa shape index (κ2) is 11.6. The minimum absolute atomic E-state index is 0.0345. The number of amidine groups is 1. The van der Waals surface area contributed by atoms with Gasteiger partial charge < -0.3 is 15.5 Å². The smallest absolute Gasteiger partial charge is 0.297 e. The van der Waals surface area contributed by atoms with Crippen LogP contribution in [0.25, 0.3) is 0 Å². The topological polar surface area (TPSA) is 88.2 Å². The highest BCUT2D eigenvalue weighted by atomic mass is 16.6. The average Bonchev–Trinajstić information content (AvgIpc) is 2.84. The maximum atomic E-state index is 13.7. The molecule has 2 amide bonds. The number of carbonyl (C=O) groups is 2. The number of carbonyl (C=O) groups excluding carboxylic acids is 2. The molecule has 7 nitrogen and oxygen atoms in total. The van der Waals surface area contributed by atoms with E-state index in [2.05, 4.69) is 5.16 Å². The first kappa shape index (κ1) is 25.2. The van der Waals surface area contributed by atoms with Gasteiger partial charge in [-0.2, -0.15) is 0 Å². The van der Waals surface area contributed by atoms with E-state index in [0.29, 0.717) is 37.5 Å². The number of hydrogen-bond acceptors (Lipinski definition) is 5. The molecule has 0 bridgehead atoms. The lowest BCUT2D eigenvalue weighted by molar-refractivity contribution is -0.129. The molecule has 1 unspecified atom stereocenters. The highest BCUT2D eigenvalue weighted by molar-refractivity contribution is 6.09. The van der Waals surface area contributed by atoms with E-state index in [0.717, 1.165) is 11.1 Å². The molecule has 1 aliphatic heterocycles. The number of benzene rings is 2. The van der Waals surface area contributed by atoms with E-state index in [-0.39, 0.29) is 23.5 Å². The Morgan fingerprint density at radius 2 is 1.82 bits per heavy atom. The van der Waals surface area contributed by atoms with Crippen LogP contribution in [0.3, 0.4) is 0 Å². The van der Waals surface area contributed by atoms with Gasteiger partial charge in [-0.1, -0.05) is 67.0 Å². The van der Waals surface area contributed by atoms with Gasteiger partial charge in [0.25, 0.3) is 11.8 Å². The van der Waals surface area contributed by atoms with Crippen molar-refractivity contribution in [2.24, 2.45) is 16.8 Å². The molecule has 1 heterocycles. The third-order valence-electron chi connectivity index (χ3n) is 5.81. The molecule has 0 spiro atoms. The summed E-state index contributed by atoms with van der Waals surface area (Å²) in [6, 6.07) is 16.7. The number of hydrogen-bond donors (Lipinski definition) is 1. The molecule has 2 N–H and O–H groups in total. The molecule has 0 fully saturated rings. The number of rotatable bonds is 9. The van der Waals surface area contributed by atoms with E-state index in [1.807, 2.05) is 75.4 Å². The minimum atomic E-state index is -0.480. The van der Waals surface area contributed by atoms with Gasteiger partial charge in [-0.15, -0.1) is 0 Å². The van der Waals surface area contributed by atoms with Crippen molar-refractivity contribution < 1.29 is 14.4 Å². The molecule has 34 heavy (non-hydrogen) atoms. The fraction of sp³-hybridized carbons (Fsp3) is 0.370. The second-order valence-electron chi connectivity index (χ2n) is 8.77. The summed E-state index contributed by atoms with van der Waals surface area (Å²) in [6.45, 7) is 8.96. The van der Waals surface area contributed by atoms with E-state index < -0.39 is 6.04 Å². The van der Waals surface area contributed by atoms with Crippen molar-refractivity contribution in [2.75, 3.05) is 13.1 Å². The van der Waals surface area contributed by atoms with E-state index in [9.17, 15) is 9.59 Å². The normalized spacial score (nSPS) is 15.8. The standard InChI is InChI=1S/C27H34N4O3/c1-5-23-27(33)31(18-21-10-7-6-8-11-21)25(29-34-23)24(19(2)3)30(17-9-16-28)26(32)22-14-12-20(4)13-15-22/h5-8,10-15,19,24H,9,16-18,28H2,1-4H3. The monoisotopic (exact) mass is 462 g/mol. The predicted molar refractivity (Wildman–Crippen MR) is 134 cm³/mol. The molecular formula is C27H34N4O3. The first-order chi connectivity index (χ1) is 16.4. The third-order valence-corrected chi connectivity index (χ3v) is 5.81. The van der Waals surface area contributed by atoms with Gasteiger partial charge in [0.2, 0.25) is 5.76 Å². The Morgan fingerprint density at radius 1 is 1.15 bits per heavy atom. The minimum Gasteiger partial charge on any atom is -0.350 e. The van der Waals surface area contributed by atoms with Crippen LogP contribution in [0, 0.1) is 12.8 Å². The molecule has 3 rings (SSSR count). The number of nitrogens with two attached hydrogens (primary N) is 1. The molecular weight excluding hydrogens is 428 g/mol. The number of oxime groups is 1. The molecule has 1 atom stereocenters. The number of amides is 2. The van der Waals surface area contributed by atoms with E-state index in [4.69, 9.17) is 10.6 Å². The van der Waals surface area contributed by atoms with Gasteiger partial charge in [0, 0.05) is 12.1 Å². The van der Waals surface area contributed by atoms with Crippen LogP contribution in [-0.4, -0.2) is 46.6 Å². The SMILES string of the molecule is CC=C1ON=C(C(C(C)C)N(CCCN)C(=O)c2ccc(C)cc2)N(Cc2ccccc2)C1=O. The lowest BCUT2D eigenvalue weighted by Gasteiger charge is -2.40. The van der Waals surface area contributed by atoms with Crippen molar-refractivity contribution >= 4 is 17.6 Å². The third kappa shape index (κ3) is 5.72. The molecule has 0 saturated carbocycles. The first-order valence-electron chi connectivity index (χ1n) is 11.7. The molecule has 1 aliphatic rings. The summed E-state index contributed by atoms with van der Waals surface area (Å²) in [7, 11) is 0. The van der Waals surface area contributed by atoms with E-state index >= 15 is 0 Å². The summed E-state index contributed by atoms with van der Waals surface area (Å²) in [5.74, 6) is 0.155. The van der Waals surface area contributed by atoms with Gasteiger partial charge in [-0.05, 0) is 56.5 Å². The molecule has 0 radical (unpaired) electrons. The Hall–Kier alpha value is -3.45. The lowest BCUT2D eigenvalue weighted by Crippen LogP contribution is -2.56. The maximum Gasteiger partial charge on any atom is 0.297 e. The molecule has 2 aromatic rings. The van der Waals surface area contributed by atoms with Gasteiger partial charge in [0.1, 0.15) is 0 Å². The zero-order chi connectivity index (χ0) is 24.7. The summed E-state index contributed by atoms with van der Waals surface area (Å²) in [4.78, 5) is 35.9. The first-order valence-corrected chi connectivity index (χ1v) is 11.7. The Bertz CT molecular complexity index is 1050. The van der Waals surface area contributed by atoms with Crippen molar-refractivity contribution in [1.29, 1.82) is 0 Å². The van der Waals surface area contributed by atoms with Gasteiger partial charge in [-0.3, -0.25) is 14.5 Å². The number of nitrogens with zero attached hydrogens (tertiary/aromatic N) is 3. The van der Waals surface area contributed by atoms with E-state index in [1.54, 1.807) is 22.8 Å². The summed E-state index contributed by atoms with van der Waals surface area (Å²) in [5.41, 5.74) is 8.43. The van der Waals surface area contributed by atoms with Crippen molar-refractivity contribution in [2.45, 2.75) is 46.7 Å². The van der Waals surface area contributed by atoms with Crippen LogP contribution in [-0.2, 0) is 16.2 Å². The number of allylic oxidation sites excluding steroid dienone is 1. The van der Waals surface area contributed by atoms with Gasteiger partial charge in [0.05, 0.1) is 12.6 Å². The maximum absolute atomic E-state index is 13.7. The summed E-state index contributed by atoms with van der Waals surface area (Å²) < 4.78 is 0. The van der Waals surface area contributed by atoms with Crippen LogP contribution in [0.5, 0.6) is 0 Å². The van der Waals surface area contributed by atoms with Crippen LogP contribution in [0.2, 0.25) is 0 Å².